The highest BCUT2D eigenvalue weighted by Gasteiger charge is 2.05. The van der Waals surface area contributed by atoms with Crippen molar-refractivity contribution in [3.8, 4) is 6.07 Å². The molecule has 0 aromatic heterocycles. The Morgan fingerprint density at radius 3 is 2.67 bits per heavy atom. The number of thioether (sulfide) groups is 1. The molecule has 0 aliphatic heterocycles. The zero-order chi connectivity index (χ0) is 11.5. The van der Waals surface area contributed by atoms with Gasteiger partial charge in [0.15, 0.2) is 0 Å². The van der Waals surface area contributed by atoms with Crippen LogP contribution in [-0.4, -0.2) is 24.1 Å². The molecule has 0 bridgehead atoms. The highest BCUT2D eigenvalue weighted by molar-refractivity contribution is 7.99. The lowest BCUT2D eigenvalue weighted by molar-refractivity contribution is 0.584. The van der Waals surface area contributed by atoms with Gasteiger partial charge >= 0.3 is 0 Å². The van der Waals surface area contributed by atoms with E-state index in [-0.39, 0.29) is 6.04 Å². The third-order valence-electron chi connectivity index (χ3n) is 2.45. The van der Waals surface area contributed by atoms with E-state index in [1.807, 2.05) is 11.8 Å². The van der Waals surface area contributed by atoms with Crippen LogP contribution in [0.3, 0.4) is 0 Å². The number of hydrogen-bond acceptors (Lipinski definition) is 3. The van der Waals surface area contributed by atoms with Gasteiger partial charge in [-0.3, -0.25) is 0 Å². The van der Waals surface area contributed by atoms with Crippen molar-refractivity contribution < 1.29 is 0 Å². The van der Waals surface area contributed by atoms with Gasteiger partial charge in [-0.1, -0.05) is 27.2 Å². The van der Waals surface area contributed by atoms with Crippen molar-refractivity contribution in [2.24, 2.45) is 5.92 Å². The average molecular weight is 228 g/mol. The molecule has 3 heteroatoms. The summed E-state index contributed by atoms with van der Waals surface area (Å²) in [4.78, 5) is 0. The maximum Gasteiger partial charge on any atom is 0.0960 e. The quantitative estimate of drug-likeness (QED) is 0.616. The number of rotatable bonds is 9. The van der Waals surface area contributed by atoms with Crippen molar-refractivity contribution in [3.05, 3.63) is 0 Å². The van der Waals surface area contributed by atoms with E-state index < -0.39 is 0 Å². The molecule has 0 aliphatic carbocycles. The monoisotopic (exact) mass is 228 g/mol. The minimum Gasteiger partial charge on any atom is -0.302 e. The molecule has 0 rings (SSSR count). The molecular weight excluding hydrogens is 204 g/mol. The first-order valence-electron chi connectivity index (χ1n) is 5.95. The molecule has 0 saturated heterocycles. The van der Waals surface area contributed by atoms with Gasteiger partial charge in [-0.2, -0.15) is 17.0 Å². The Kier molecular flexibility index (Phi) is 10.2. The molecule has 0 spiro atoms. The van der Waals surface area contributed by atoms with Gasteiger partial charge in [0.1, 0.15) is 0 Å². The molecule has 0 aromatic rings. The summed E-state index contributed by atoms with van der Waals surface area (Å²) in [7, 11) is 0. The van der Waals surface area contributed by atoms with Gasteiger partial charge in [-0.05, 0) is 36.8 Å². The summed E-state index contributed by atoms with van der Waals surface area (Å²) in [5.74, 6) is 3.13. The van der Waals surface area contributed by atoms with E-state index in [9.17, 15) is 0 Å². The standard InChI is InChI=1S/C12H24N2S/c1-4-7-14-12(9-13)6-8-15-10-11(3)5-2/h11-12,14H,4-8,10H2,1-3H3. The van der Waals surface area contributed by atoms with E-state index in [0.29, 0.717) is 0 Å². The molecule has 0 saturated carbocycles. The molecule has 15 heavy (non-hydrogen) atoms. The molecule has 0 fully saturated rings. The fourth-order valence-corrected chi connectivity index (χ4v) is 2.34. The molecule has 0 aromatic carbocycles. The molecular formula is C12H24N2S. The highest BCUT2D eigenvalue weighted by Crippen LogP contribution is 2.12. The molecule has 2 nitrogen and oxygen atoms in total. The minimum atomic E-state index is 0.0504. The smallest absolute Gasteiger partial charge is 0.0960 e. The molecule has 1 N–H and O–H groups in total. The fourth-order valence-electron chi connectivity index (χ4n) is 1.13. The van der Waals surface area contributed by atoms with E-state index in [0.717, 1.165) is 31.1 Å². The van der Waals surface area contributed by atoms with Crippen molar-refractivity contribution in [1.29, 1.82) is 5.26 Å². The zero-order valence-corrected chi connectivity index (χ0v) is 11.1. The lowest BCUT2D eigenvalue weighted by Gasteiger charge is -2.11. The van der Waals surface area contributed by atoms with Crippen LogP contribution in [0.1, 0.15) is 40.0 Å². The maximum absolute atomic E-state index is 8.89. The Morgan fingerprint density at radius 2 is 2.13 bits per heavy atom. The van der Waals surface area contributed by atoms with Crippen molar-refractivity contribution in [3.63, 3.8) is 0 Å². The fraction of sp³-hybridized carbons (Fsp3) is 0.917. The molecule has 2 atom stereocenters. The minimum absolute atomic E-state index is 0.0504. The van der Waals surface area contributed by atoms with Crippen molar-refractivity contribution in [1.82, 2.24) is 5.32 Å². The summed E-state index contributed by atoms with van der Waals surface area (Å²) in [6.07, 6.45) is 3.32. The van der Waals surface area contributed by atoms with Gasteiger partial charge in [-0.15, -0.1) is 0 Å². The zero-order valence-electron chi connectivity index (χ0n) is 10.3. The van der Waals surface area contributed by atoms with Gasteiger partial charge < -0.3 is 5.32 Å². The van der Waals surface area contributed by atoms with E-state index in [1.54, 1.807) is 0 Å². The summed E-state index contributed by atoms with van der Waals surface area (Å²) in [6, 6.07) is 2.36. The highest BCUT2D eigenvalue weighted by atomic mass is 32.2. The first-order chi connectivity index (χ1) is 7.24. The van der Waals surface area contributed by atoms with Crippen LogP contribution >= 0.6 is 11.8 Å². The molecule has 0 aliphatic rings. The SMILES string of the molecule is CCCNC(C#N)CCSCC(C)CC. The second kappa shape index (κ2) is 10.3. The van der Waals surface area contributed by atoms with Crippen LogP contribution in [0.25, 0.3) is 0 Å². The van der Waals surface area contributed by atoms with Gasteiger partial charge in [-0.25, -0.2) is 0 Å². The lowest BCUT2D eigenvalue weighted by Crippen LogP contribution is -2.28. The van der Waals surface area contributed by atoms with Crippen molar-refractivity contribution >= 4 is 11.8 Å². The van der Waals surface area contributed by atoms with Gasteiger partial charge in [0.25, 0.3) is 0 Å². The number of nitrogens with zero attached hydrogens (tertiary/aromatic N) is 1. The Bertz CT molecular complexity index is 177. The molecule has 0 radical (unpaired) electrons. The van der Waals surface area contributed by atoms with Crippen LogP contribution in [-0.2, 0) is 0 Å². The van der Waals surface area contributed by atoms with E-state index in [4.69, 9.17) is 5.26 Å². The topological polar surface area (TPSA) is 35.8 Å². The Labute approximate surface area is 98.8 Å². The van der Waals surface area contributed by atoms with Gasteiger partial charge in [0.05, 0.1) is 12.1 Å². The van der Waals surface area contributed by atoms with E-state index in [2.05, 4.69) is 32.2 Å². The second-order valence-corrected chi connectivity index (χ2v) is 5.16. The Morgan fingerprint density at radius 1 is 1.40 bits per heavy atom. The predicted octanol–water partition coefficient (Wildman–Crippen LogP) is 3.05. The van der Waals surface area contributed by atoms with Crippen LogP contribution in [0.4, 0.5) is 0 Å². The largest absolute Gasteiger partial charge is 0.302 e. The molecule has 2 unspecified atom stereocenters. The van der Waals surface area contributed by atoms with Crippen LogP contribution < -0.4 is 5.32 Å². The second-order valence-electron chi connectivity index (χ2n) is 4.01. The Hall–Kier alpha value is -0.200. The van der Waals surface area contributed by atoms with Crippen molar-refractivity contribution in [2.45, 2.75) is 46.1 Å². The molecule has 0 amide bonds. The normalized spacial score (nSPS) is 14.5. The van der Waals surface area contributed by atoms with Crippen LogP contribution in [0.5, 0.6) is 0 Å². The summed E-state index contributed by atoms with van der Waals surface area (Å²) >= 11 is 1.97. The third kappa shape index (κ3) is 8.77. The van der Waals surface area contributed by atoms with E-state index in [1.165, 1.54) is 12.2 Å². The number of nitriles is 1. The summed E-state index contributed by atoms with van der Waals surface area (Å²) < 4.78 is 0. The predicted molar refractivity (Wildman–Crippen MR) is 69.1 cm³/mol. The van der Waals surface area contributed by atoms with Crippen LogP contribution in [0.2, 0.25) is 0 Å². The summed E-state index contributed by atoms with van der Waals surface area (Å²) in [6.45, 7) is 7.59. The number of nitrogens with one attached hydrogen (secondary N) is 1. The first kappa shape index (κ1) is 14.8. The first-order valence-corrected chi connectivity index (χ1v) is 7.10. The average Bonchev–Trinajstić information content (AvgIpc) is 2.27. The summed E-state index contributed by atoms with van der Waals surface area (Å²) in [5, 5.41) is 12.1. The van der Waals surface area contributed by atoms with E-state index >= 15 is 0 Å². The molecule has 88 valence electrons. The maximum atomic E-state index is 8.89. The summed E-state index contributed by atoms with van der Waals surface area (Å²) in [5.41, 5.74) is 0. The Balaban J connectivity index is 3.43. The van der Waals surface area contributed by atoms with Gasteiger partial charge in [0, 0.05) is 0 Å². The van der Waals surface area contributed by atoms with Crippen LogP contribution in [0.15, 0.2) is 0 Å². The third-order valence-corrected chi connectivity index (χ3v) is 3.78. The molecule has 0 heterocycles. The van der Waals surface area contributed by atoms with Crippen LogP contribution in [0, 0.1) is 17.2 Å². The van der Waals surface area contributed by atoms with Crippen molar-refractivity contribution in [2.75, 3.05) is 18.1 Å². The lowest BCUT2D eigenvalue weighted by atomic mass is 10.2. The van der Waals surface area contributed by atoms with Gasteiger partial charge in [0.2, 0.25) is 0 Å². The number of hydrogen-bond donors (Lipinski definition) is 1.